The normalized spacial score (nSPS) is 11.4. The van der Waals surface area contributed by atoms with E-state index in [2.05, 4.69) is 13.0 Å². The van der Waals surface area contributed by atoms with Crippen molar-refractivity contribution in [3.63, 3.8) is 0 Å². The van der Waals surface area contributed by atoms with E-state index < -0.39 is 0 Å². The predicted molar refractivity (Wildman–Crippen MR) is 97.8 cm³/mol. The van der Waals surface area contributed by atoms with Gasteiger partial charge in [-0.2, -0.15) is 0 Å². The summed E-state index contributed by atoms with van der Waals surface area (Å²) in [4.78, 5) is 22.7. The van der Waals surface area contributed by atoms with Gasteiger partial charge in [0.25, 0.3) is 0 Å². The fourth-order valence-corrected chi connectivity index (χ4v) is 2.26. The van der Waals surface area contributed by atoms with E-state index in [-0.39, 0.29) is 25.0 Å². The van der Waals surface area contributed by atoms with Gasteiger partial charge in [-0.15, -0.1) is 0 Å². The number of aliphatic hydroxyl groups is 1. The maximum Gasteiger partial charge on any atom is 0.305 e. The summed E-state index contributed by atoms with van der Waals surface area (Å²) < 4.78 is 4.79. The van der Waals surface area contributed by atoms with Gasteiger partial charge in [0.1, 0.15) is 6.61 Å². The fraction of sp³-hybridized carbons (Fsp3) is 0.700. The third-order valence-electron chi connectivity index (χ3n) is 3.66. The molecule has 0 aliphatic rings. The van der Waals surface area contributed by atoms with Crippen LogP contribution in [0.2, 0.25) is 0 Å². The summed E-state index contributed by atoms with van der Waals surface area (Å²) in [5, 5.41) is 8.53. The van der Waals surface area contributed by atoms with Crippen LogP contribution in [-0.4, -0.2) is 30.1 Å². The van der Waals surface area contributed by atoms with Crippen molar-refractivity contribution in [2.45, 2.75) is 77.6 Å². The van der Waals surface area contributed by atoms with Crippen molar-refractivity contribution in [2.75, 3.05) is 13.2 Å². The standard InChI is InChI=1S/C20H34O4/c1-2-3-11-14-19(22)15-12-9-7-5-4-6-8-10-13-16-20(23)24-18-17-21/h7,9,12,15,21H,2-6,8,10-11,13-14,16-18H2,1H3/b9-7-,15-12+. The van der Waals surface area contributed by atoms with Crippen LogP contribution in [0.15, 0.2) is 24.3 Å². The van der Waals surface area contributed by atoms with Gasteiger partial charge < -0.3 is 9.84 Å². The number of rotatable bonds is 16. The fourth-order valence-electron chi connectivity index (χ4n) is 2.26. The maximum absolute atomic E-state index is 11.5. The van der Waals surface area contributed by atoms with Crippen molar-refractivity contribution in [2.24, 2.45) is 0 Å². The van der Waals surface area contributed by atoms with E-state index in [9.17, 15) is 9.59 Å². The molecule has 0 atom stereocenters. The molecular weight excluding hydrogens is 304 g/mol. The molecule has 0 aliphatic heterocycles. The highest BCUT2D eigenvalue weighted by molar-refractivity contribution is 5.89. The van der Waals surface area contributed by atoms with Crippen molar-refractivity contribution in [1.82, 2.24) is 0 Å². The van der Waals surface area contributed by atoms with Crippen LogP contribution in [0.1, 0.15) is 77.6 Å². The van der Waals surface area contributed by atoms with Crippen molar-refractivity contribution in [1.29, 1.82) is 0 Å². The third kappa shape index (κ3) is 16.9. The lowest BCUT2D eigenvalue weighted by Gasteiger charge is -2.02. The molecule has 0 unspecified atom stereocenters. The van der Waals surface area contributed by atoms with Gasteiger partial charge in [0.15, 0.2) is 5.78 Å². The largest absolute Gasteiger partial charge is 0.463 e. The van der Waals surface area contributed by atoms with Crippen LogP contribution in [-0.2, 0) is 14.3 Å². The van der Waals surface area contributed by atoms with E-state index in [1.54, 1.807) is 6.08 Å². The highest BCUT2D eigenvalue weighted by Gasteiger charge is 2.01. The van der Waals surface area contributed by atoms with Crippen LogP contribution in [0.25, 0.3) is 0 Å². The molecule has 0 bridgehead atoms. The minimum atomic E-state index is -0.219. The summed E-state index contributed by atoms with van der Waals surface area (Å²) in [6.07, 6.45) is 18.2. The van der Waals surface area contributed by atoms with E-state index in [1.807, 2.05) is 12.2 Å². The quantitative estimate of drug-likeness (QED) is 0.195. The van der Waals surface area contributed by atoms with Crippen molar-refractivity contribution in [3.05, 3.63) is 24.3 Å². The molecule has 0 radical (unpaired) electrons. The van der Waals surface area contributed by atoms with Crippen molar-refractivity contribution >= 4 is 11.8 Å². The van der Waals surface area contributed by atoms with Gasteiger partial charge in [0.2, 0.25) is 0 Å². The number of hydrogen-bond acceptors (Lipinski definition) is 4. The lowest BCUT2D eigenvalue weighted by molar-refractivity contribution is -0.144. The molecule has 4 nitrogen and oxygen atoms in total. The molecule has 0 saturated carbocycles. The zero-order valence-electron chi connectivity index (χ0n) is 15.2. The number of esters is 1. The number of carbonyl (C=O) groups excluding carboxylic acids is 2. The zero-order chi connectivity index (χ0) is 17.9. The van der Waals surface area contributed by atoms with Gasteiger partial charge in [-0.3, -0.25) is 9.59 Å². The number of allylic oxidation sites excluding steroid dienone is 4. The van der Waals surface area contributed by atoms with Gasteiger partial charge in [-0.05, 0) is 31.8 Å². The smallest absolute Gasteiger partial charge is 0.305 e. The van der Waals surface area contributed by atoms with Crippen LogP contribution < -0.4 is 0 Å². The highest BCUT2D eigenvalue weighted by Crippen LogP contribution is 2.08. The van der Waals surface area contributed by atoms with E-state index in [0.717, 1.165) is 57.8 Å². The molecule has 0 rings (SSSR count). The van der Waals surface area contributed by atoms with Gasteiger partial charge in [0.05, 0.1) is 6.61 Å². The Kier molecular flexibility index (Phi) is 16.9. The lowest BCUT2D eigenvalue weighted by atomic mass is 10.1. The zero-order valence-corrected chi connectivity index (χ0v) is 15.2. The summed E-state index contributed by atoms with van der Waals surface area (Å²) >= 11 is 0. The SMILES string of the molecule is CCCCCC(=O)/C=C/C=C\CCCCCCCC(=O)OCCO. The second-order valence-electron chi connectivity index (χ2n) is 5.96. The number of aliphatic hydroxyl groups excluding tert-OH is 1. The molecule has 0 saturated heterocycles. The van der Waals surface area contributed by atoms with Crippen LogP contribution in [0.5, 0.6) is 0 Å². The van der Waals surface area contributed by atoms with Gasteiger partial charge >= 0.3 is 5.97 Å². The number of unbranched alkanes of at least 4 members (excludes halogenated alkanes) is 7. The summed E-state index contributed by atoms with van der Waals surface area (Å²) in [6.45, 7) is 2.13. The number of carbonyl (C=O) groups is 2. The first-order chi connectivity index (χ1) is 11.7. The third-order valence-corrected chi connectivity index (χ3v) is 3.66. The Bertz CT molecular complexity index is 372. The van der Waals surface area contributed by atoms with E-state index in [4.69, 9.17) is 9.84 Å². The first kappa shape index (κ1) is 22.6. The second-order valence-corrected chi connectivity index (χ2v) is 5.96. The molecule has 0 heterocycles. The second kappa shape index (κ2) is 17.9. The summed E-state index contributed by atoms with van der Waals surface area (Å²) in [7, 11) is 0. The Labute approximate surface area is 147 Å². The topological polar surface area (TPSA) is 63.6 Å². The summed E-state index contributed by atoms with van der Waals surface area (Å²) in [6, 6.07) is 0. The molecule has 0 amide bonds. The van der Waals surface area contributed by atoms with E-state index >= 15 is 0 Å². The molecule has 0 aliphatic carbocycles. The molecule has 0 fully saturated rings. The molecule has 0 aromatic rings. The Hall–Kier alpha value is -1.42. The maximum atomic E-state index is 11.5. The van der Waals surface area contributed by atoms with E-state index in [0.29, 0.717) is 12.8 Å². The number of hydrogen-bond donors (Lipinski definition) is 1. The number of ether oxygens (including phenoxy) is 1. The molecule has 0 spiro atoms. The summed E-state index contributed by atoms with van der Waals surface area (Å²) in [5.41, 5.74) is 0. The lowest BCUT2D eigenvalue weighted by Crippen LogP contribution is -2.07. The molecule has 138 valence electrons. The first-order valence-electron chi connectivity index (χ1n) is 9.33. The van der Waals surface area contributed by atoms with Crippen molar-refractivity contribution in [3.8, 4) is 0 Å². The molecule has 0 aromatic carbocycles. The van der Waals surface area contributed by atoms with Gasteiger partial charge in [-0.25, -0.2) is 0 Å². The van der Waals surface area contributed by atoms with E-state index in [1.165, 1.54) is 0 Å². The number of ketones is 1. The molecular formula is C20H34O4. The minimum absolute atomic E-state index is 0.101. The Balaban J connectivity index is 3.40. The minimum Gasteiger partial charge on any atom is -0.463 e. The Morgan fingerprint density at radius 2 is 1.62 bits per heavy atom. The van der Waals surface area contributed by atoms with Crippen LogP contribution >= 0.6 is 0 Å². The molecule has 4 heteroatoms. The van der Waals surface area contributed by atoms with Gasteiger partial charge in [-0.1, -0.05) is 57.3 Å². The van der Waals surface area contributed by atoms with Crippen molar-refractivity contribution < 1.29 is 19.4 Å². The summed E-state index contributed by atoms with van der Waals surface area (Å²) in [5.74, 6) is -0.00590. The average Bonchev–Trinajstić information content (AvgIpc) is 2.58. The van der Waals surface area contributed by atoms with Crippen LogP contribution in [0.3, 0.4) is 0 Å². The Morgan fingerprint density at radius 1 is 0.917 bits per heavy atom. The molecule has 24 heavy (non-hydrogen) atoms. The first-order valence-corrected chi connectivity index (χ1v) is 9.33. The predicted octanol–water partition coefficient (Wildman–Crippen LogP) is 4.51. The average molecular weight is 338 g/mol. The Morgan fingerprint density at radius 3 is 2.38 bits per heavy atom. The van der Waals surface area contributed by atoms with Crippen LogP contribution in [0, 0.1) is 0 Å². The highest BCUT2D eigenvalue weighted by atomic mass is 16.5. The monoisotopic (exact) mass is 338 g/mol. The van der Waals surface area contributed by atoms with Gasteiger partial charge in [0, 0.05) is 12.8 Å². The molecule has 1 N–H and O–H groups in total. The van der Waals surface area contributed by atoms with Crippen LogP contribution in [0.4, 0.5) is 0 Å². The molecule has 0 aromatic heterocycles.